The second kappa shape index (κ2) is 9.22. The minimum atomic E-state index is -0.178. The van der Waals surface area contributed by atoms with E-state index < -0.39 is 0 Å². The molecule has 2 saturated heterocycles. The van der Waals surface area contributed by atoms with Crippen molar-refractivity contribution in [1.82, 2.24) is 19.8 Å². The van der Waals surface area contributed by atoms with Gasteiger partial charge in [-0.05, 0) is 38.4 Å². The Labute approximate surface area is 172 Å². The molecule has 1 aromatic carbocycles. The lowest BCUT2D eigenvalue weighted by molar-refractivity contribution is -0.137. The highest BCUT2D eigenvalue weighted by molar-refractivity contribution is 5.83. The molecule has 2 aliphatic heterocycles. The topological polar surface area (TPSA) is 61.8 Å². The standard InChI is InChI=1S/C22H29N5O2/c1-2-29-19-10-11-23-22(24-19)27-16-14-26(15-17-27)21(28)20(25-12-6-7-13-25)18-8-4-3-5-9-18/h3-5,8-11,20H,2,6-7,12-17H2,1H3. The molecule has 29 heavy (non-hydrogen) atoms. The fraction of sp³-hybridized carbons (Fsp3) is 0.500. The van der Waals surface area contributed by atoms with Gasteiger partial charge in [0.2, 0.25) is 17.7 Å². The number of piperazine rings is 1. The number of anilines is 1. The molecule has 154 valence electrons. The third-order valence-corrected chi connectivity index (χ3v) is 5.64. The molecule has 1 amide bonds. The van der Waals surface area contributed by atoms with Crippen LogP contribution in [0.4, 0.5) is 5.95 Å². The Bertz CT molecular complexity index is 802. The zero-order chi connectivity index (χ0) is 20.1. The number of ether oxygens (including phenoxy) is 1. The lowest BCUT2D eigenvalue weighted by atomic mass is 10.0. The molecule has 1 atom stereocenters. The van der Waals surface area contributed by atoms with E-state index in [-0.39, 0.29) is 11.9 Å². The molecule has 1 unspecified atom stereocenters. The molecule has 2 aliphatic rings. The Morgan fingerprint density at radius 1 is 1.03 bits per heavy atom. The van der Waals surface area contributed by atoms with Crippen LogP contribution in [0.3, 0.4) is 0 Å². The summed E-state index contributed by atoms with van der Waals surface area (Å²) in [6, 6.07) is 11.8. The number of amides is 1. The number of aromatic nitrogens is 2. The van der Waals surface area contributed by atoms with Gasteiger partial charge in [-0.25, -0.2) is 4.98 Å². The summed E-state index contributed by atoms with van der Waals surface area (Å²) < 4.78 is 5.49. The quantitative estimate of drug-likeness (QED) is 0.748. The van der Waals surface area contributed by atoms with Crippen molar-refractivity contribution in [2.75, 3.05) is 50.8 Å². The summed E-state index contributed by atoms with van der Waals surface area (Å²) in [4.78, 5) is 28.8. The van der Waals surface area contributed by atoms with E-state index in [9.17, 15) is 4.79 Å². The van der Waals surface area contributed by atoms with E-state index in [0.717, 1.165) is 44.6 Å². The second-order valence-corrected chi connectivity index (χ2v) is 7.50. The molecule has 0 N–H and O–H groups in total. The summed E-state index contributed by atoms with van der Waals surface area (Å²) in [5.74, 6) is 1.47. The zero-order valence-corrected chi connectivity index (χ0v) is 17.0. The molecule has 2 aromatic rings. The molecule has 1 aromatic heterocycles. The predicted molar refractivity (Wildman–Crippen MR) is 112 cm³/mol. The van der Waals surface area contributed by atoms with Crippen molar-refractivity contribution in [1.29, 1.82) is 0 Å². The molecule has 7 heteroatoms. The maximum absolute atomic E-state index is 13.5. The average molecular weight is 396 g/mol. The van der Waals surface area contributed by atoms with Crippen molar-refractivity contribution < 1.29 is 9.53 Å². The largest absolute Gasteiger partial charge is 0.478 e. The number of likely N-dealkylation sites (tertiary alicyclic amines) is 1. The van der Waals surface area contributed by atoms with Crippen LogP contribution in [0, 0.1) is 0 Å². The van der Waals surface area contributed by atoms with Gasteiger partial charge in [-0.2, -0.15) is 4.98 Å². The first kappa shape index (κ1) is 19.6. The van der Waals surface area contributed by atoms with E-state index in [1.807, 2.05) is 30.0 Å². The monoisotopic (exact) mass is 395 g/mol. The Kier molecular flexibility index (Phi) is 6.24. The molecular weight excluding hydrogens is 366 g/mol. The van der Waals surface area contributed by atoms with Crippen LogP contribution in [0.1, 0.15) is 31.4 Å². The Balaban J connectivity index is 1.44. The van der Waals surface area contributed by atoms with Crippen molar-refractivity contribution >= 4 is 11.9 Å². The minimum Gasteiger partial charge on any atom is -0.478 e. The Morgan fingerprint density at radius 3 is 2.45 bits per heavy atom. The summed E-state index contributed by atoms with van der Waals surface area (Å²) in [5, 5.41) is 0. The van der Waals surface area contributed by atoms with Crippen LogP contribution in [-0.4, -0.2) is 71.6 Å². The summed E-state index contributed by atoms with van der Waals surface area (Å²) in [5.41, 5.74) is 1.09. The molecule has 0 bridgehead atoms. The molecule has 0 saturated carbocycles. The van der Waals surface area contributed by atoms with Gasteiger partial charge in [-0.1, -0.05) is 30.3 Å². The summed E-state index contributed by atoms with van der Waals surface area (Å²) in [6.45, 7) is 7.31. The van der Waals surface area contributed by atoms with Gasteiger partial charge in [-0.3, -0.25) is 9.69 Å². The first-order chi connectivity index (χ1) is 14.3. The molecule has 0 radical (unpaired) electrons. The lowest BCUT2D eigenvalue weighted by Gasteiger charge is -2.38. The first-order valence-electron chi connectivity index (χ1n) is 10.5. The van der Waals surface area contributed by atoms with Crippen molar-refractivity contribution in [2.24, 2.45) is 0 Å². The zero-order valence-electron chi connectivity index (χ0n) is 17.0. The second-order valence-electron chi connectivity index (χ2n) is 7.50. The van der Waals surface area contributed by atoms with Gasteiger partial charge in [0.25, 0.3) is 0 Å². The fourth-order valence-electron chi connectivity index (χ4n) is 4.16. The SMILES string of the molecule is CCOc1ccnc(N2CCN(C(=O)C(c3ccccc3)N3CCCC3)CC2)n1. The van der Waals surface area contributed by atoms with Gasteiger partial charge >= 0.3 is 0 Å². The maximum atomic E-state index is 13.5. The van der Waals surface area contributed by atoms with Gasteiger partial charge in [0.05, 0.1) is 6.61 Å². The van der Waals surface area contributed by atoms with E-state index in [2.05, 4.69) is 31.9 Å². The van der Waals surface area contributed by atoms with E-state index in [1.165, 1.54) is 0 Å². The highest BCUT2D eigenvalue weighted by atomic mass is 16.5. The summed E-state index contributed by atoms with van der Waals surface area (Å²) in [7, 11) is 0. The molecule has 4 rings (SSSR count). The van der Waals surface area contributed by atoms with Crippen LogP contribution in [0.15, 0.2) is 42.6 Å². The van der Waals surface area contributed by atoms with Crippen LogP contribution in [-0.2, 0) is 4.79 Å². The molecule has 2 fully saturated rings. The highest BCUT2D eigenvalue weighted by Crippen LogP contribution is 2.28. The van der Waals surface area contributed by atoms with Crippen LogP contribution in [0.5, 0.6) is 5.88 Å². The van der Waals surface area contributed by atoms with E-state index >= 15 is 0 Å². The number of carbonyl (C=O) groups is 1. The van der Waals surface area contributed by atoms with Gasteiger partial charge < -0.3 is 14.5 Å². The number of hydrogen-bond acceptors (Lipinski definition) is 6. The van der Waals surface area contributed by atoms with Crippen molar-refractivity contribution in [3.05, 3.63) is 48.2 Å². The molecular formula is C22H29N5O2. The maximum Gasteiger partial charge on any atom is 0.244 e. The van der Waals surface area contributed by atoms with Gasteiger partial charge in [0, 0.05) is 38.4 Å². The highest BCUT2D eigenvalue weighted by Gasteiger charge is 2.34. The van der Waals surface area contributed by atoms with Crippen molar-refractivity contribution in [2.45, 2.75) is 25.8 Å². The van der Waals surface area contributed by atoms with Crippen LogP contribution < -0.4 is 9.64 Å². The third kappa shape index (κ3) is 4.50. The molecule has 0 spiro atoms. The fourth-order valence-corrected chi connectivity index (χ4v) is 4.16. The van der Waals surface area contributed by atoms with E-state index in [4.69, 9.17) is 4.74 Å². The Hall–Kier alpha value is -2.67. The minimum absolute atomic E-state index is 0.178. The first-order valence-corrected chi connectivity index (χ1v) is 10.5. The molecule has 3 heterocycles. The number of nitrogens with zero attached hydrogens (tertiary/aromatic N) is 5. The van der Waals surface area contributed by atoms with Gasteiger partial charge in [-0.15, -0.1) is 0 Å². The van der Waals surface area contributed by atoms with Crippen LogP contribution in [0.25, 0.3) is 0 Å². The van der Waals surface area contributed by atoms with E-state index in [0.29, 0.717) is 31.5 Å². The summed E-state index contributed by atoms with van der Waals surface area (Å²) in [6.07, 6.45) is 4.06. The average Bonchev–Trinajstić information content (AvgIpc) is 3.29. The Morgan fingerprint density at radius 2 is 1.76 bits per heavy atom. The normalized spacial score (nSPS) is 18.7. The third-order valence-electron chi connectivity index (χ3n) is 5.64. The number of hydrogen-bond donors (Lipinski definition) is 0. The number of benzene rings is 1. The molecule has 7 nitrogen and oxygen atoms in total. The predicted octanol–water partition coefficient (Wildman–Crippen LogP) is 2.36. The van der Waals surface area contributed by atoms with Crippen LogP contribution >= 0.6 is 0 Å². The molecule has 0 aliphatic carbocycles. The number of carbonyl (C=O) groups excluding carboxylic acids is 1. The van der Waals surface area contributed by atoms with Crippen molar-refractivity contribution in [3.63, 3.8) is 0 Å². The van der Waals surface area contributed by atoms with Gasteiger partial charge in [0.1, 0.15) is 6.04 Å². The summed E-state index contributed by atoms with van der Waals surface area (Å²) >= 11 is 0. The lowest BCUT2D eigenvalue weighted by Crippen LogP contribution is -2.52. The van der Waals surface area contributed by atoms with Gasteiger partial charge in [0.15, 0.2) is 0 Å². The number of rotatable bonds is 6. The van der Waals surface area contributed by atoms with E-state index in [1.54, 1.807) is 12.3 Å². The van der Waals surface area contributed by atoms with Crippen LogP contribution in [0.2, 0.25) is 0 Å². The smallest absolute Gasteiger partial charge is 0.244 e. The van der Waals surface area contributed by atoms with Crippen molar-refractivity contribution in [3.8, 4) is 5.88 Å².